The number of likely N-dealkylation sites (N-methyl/N-ethyl adjacent to an activating group) is 2. The SMILES string of the molecule is CCN(CCOc1ccc(-c2ccc(OCCN(CC)c3ccc(/C=C(\C#N)C=O)cc3)cc2)cc1)c1ccc(/C=C(\C#N)C=O)cc1. The fraction of sp³-hybridized carbons (Fsp3) is 0.200. The summed E-state index contributed by atoms with van der Waals surface area (Å²) in [6.45, 7) is 8.26. The second-order valence-electron chi connectivity index (χ2n) is 10.7. The van der Waals surface area contributed by atoms with Gasteiger partial charge in [0.05, 0.1) is 24.2 Å². The van der Waals surface area contributed by atoms with Crippen LogP contribution in [0.25, 0.3) is 23.3 Å². The Morgan fingerprint density at radius 3 is 1.23 bits per heavy atom. The van der Waals surface area contributed by atoms with Gasteiger partial charge in [-0.1, -0.05) is 48.5 Å². The molecule has 0 heterocycles. The topological polar surface area (TPSA) is 107 Å². The first kappa shape index (κ1) is 34.7. The molecule has 0 aliphatic rings. The summed E-state index contributed by atoms with van der Waals surface area (Å²) < 4.78 is 12.1. The molecule has 0 N–H and O–H groups in total. The molecule has 0 radical (unpaired) electrons. The van der Waals surface area contributed by atoms with E-state index in [1.54, 1.807) is 12.2 Å². The van der Waals surface area contributed by atoms with Gasteiger partial charge in [-0.15, -0.1) is 0 Å². The quantitative estimate of drug-likeness (QED) is 0.0670. The highest BCUT2D eigenvalue weighted by atomic mass is 16.5. The Bertz CT molecular complexity index is 1650. The van der Waals surface area contributed by atoms with Crippen LogP contribution >= 0.6 is 0 Å². The van der Waals surface area contributed by atoms with Crippen LogP contribution in [0.4, 0.5) is 11.4 Å². The molecule has 0 spiro atoms. The Labute approximate surface area is 282 Å². The molecule has 0 saturated heterocycles. The average molecular weight is 639 g/mol. The Balaban J connectivity index is 1.24. The Kier molecular flexibility index (Phi) is 13.1. The van der Waals surface area contributed by atoms with E-state index in [0.29, 0.717) is 38.9 Å². The van der Waals surface area contributed by atoms with Gasteiger partial charge in [0.2, 0.25) is 0 Å². The summed E-state index contributed by atoms with van der Waals surface area (Å²) in [5.74, 6) is 1.60. The molecular weight excluding hydrogens is 600 g/mol. The highest BCUT2D eigenvalue weighted by Gasteiger charge is 2.08. The predicted molar refractivity (Wildman–Crippen MR) is 191 cm³/mol. The van der Waals surface area contributed by atoms with Crippen molar-refractivity contribution in [2.75, 3.05) is 49.2 Å². The highest BCUT2D eigenvalue weighted by Crippen LogP contribution is 2.25. The van der Waals surface area contributed by atoms with Gasteiger partial charge in [0.15, 0.2) is 12.6 Å². The number of carbonyl (C=O) groups is 2. The zero-order valence-electron chi connectivity index (χ0n) is 27.2. The Hall–Kier alpha value is -6.12. The third kappa shape index (κ3) is 9.94. The van der Waals surface area contributed by atoms with Crippen LogP contribution in [0.15, 0.2) is 108 Å². The van der Waals surface area contributed by atoms with E-state index in [0.717, 1.165) is 58.2 Å². The van der Waals surface area contributed by atoms with Gasteiger partial charge in [0.1, 0.15) is 36.9 Å². The minimum atomic E-state index is 0.0937. The van der Waals surface area contributed by atoms with Crippen LogP contribution in [-0.2, 0) is 9.59 Å². The molecular formula is C40H38N4O4. The molecule has 4 rings (SSSR count). The predicted octanol–water partition coefficient (Wildman–Crippen LogP) is 7.38. The minimum Gasteiger partial charge on any atom is -0.492 e. The van der Waals surface area contributed by atoms with Gasteiger partial charge >= 0.3 is 0 Å². The second-order valence-corrected chi connectivity index (χ2v) is 10.7. The van der Waals surface area contributed by atoms with Crippen molar-refractivity contribution in [2.45, 2.75) is 13.8 Å². The maximum absolute atomic E-state index is 10.9. The number of nitrogens with zero attached hydrogens (tertiary/aromatic N) is 4. The van der Waals surface area contributed by atoms with Crippen molar-refractivity contribution in [1.29, 1.82) is 10.5 Å². The average Bonchev–Trinajstić information content (AvgIpc) is 3.14. The van der Waals surface area contributed by atoms with Gasteiger partial charge in [-0.05, 0) is 96.8 Å². The third-order valence-electron chi connectivity index (χ3n) is 7.74. The summed E-state index contributed by atoms with van der Waals surface area (Å²) in [5.41, 5.74) is 6.04. The van der Waals surface area contributed by atoms with Gasteiger partial charge in [0.25, 0.3) is 0 Å². The van der Waals surface area contributed by atoms with Crippen molar-refractivity contribution in [3.8, 4) is 34.8 Å². The monoisotopic (exact) mass is 638 g/mol. The van der Waals surface area contributed by atoms with E-state index >= 15 is 0 Å². The van der Waals surface area contributed by atoms with E-state index in [4.69, 9.17) is 20.0 Å². The largest absolute Gasteiger partial charge is 0.492 e. The van der Waals surface area contributed by atoms with Crippen LogP contribution < -0.4 is 19.3 Å². The lowest BCUT2D eigenvalue weighted by atomic mass is 10.1. The number of ether oxygens (including phenoxy) is 2. The summed E-state index contributed by atoms with van der Waals surface area (Å²) in [4.78, 5) is 26.2. The van der Waals surface area contributed by atoms with E-state index < -0.39 is 0 Å². The molecule has 0 fully saturated rings. The molecule has 0 amide bonds. The molecule has 0 aliphatic carbocycles. The number of hydrogen-bond donors (Lipinski definition) is 0. The first-order chi connectivity index (χ1) is 23.5. The third-order valence-corrected chi connectivity index (χ3v) is 7.74. The minimum absolute atomic E-state index is 0.0937. The molecule has 0 saturated carbocycles. The molecule has 48 heavy (non-hydrogen) atoms. The number of nitriles is 2. The van der Waals surface area contributed by atoms with Crippen molar-refractivity contribution < 1.29 is 19.1 Å². The van der Waals surface area contributed by atoms with Gasteiger partial charge in [-0.25, -0.2) is 0 Å². The van der Waals surface area contributed by atoms with Crippen molar-refractivity contribution >= 4 is 36.1 Å². The second kappa shape index (κ2) is 18.1. The molecule has 242 valence electrons. The van der Waals surface area contributed by atoms with Crippen LogP contribution in [0.1, 0.15) is 25.0 Å². The molecule has 4 aromatic rings. The van der Waals surface area contributed by atoms with Gasteiger partial charge < -0.3 is 19.3 Å². The molecule has 0 atom stereocenters. The van der Waals surface area contributed by atoms with Crippen molar-refractivity contribution in [2.24, 2.45) is 0 Å². The summed E-state index contributed by atoms with van der Waals surface area (Å²) in [6.07, 6.45) is 4.25. The van der Waals surface area contributed by atoms with E-state index in [-0.39, 0.29) is 11.1 Å². The number of anilines is 2. The fourth-order valence-corrected chi connectivity index (χ4v) is 5.08. The number of aldehydes is 2. The zero-order chi connectivity index (χ0) is 34.1. The molecule has 4 aromatic carbocycles. The first-order valence-electron chi connectivity index (χ1n) is 15.8. The van der Waals surface area contributed by atoms with Crippen molar-refractivity contribution in [1.82, 2.24) is 0 Å². The molecule has 0 aromatic heterocycles. The number of benzene rings is 4. The van der Waals surface area contributed by atoms with Crippen molar-refractivity contribution in [3.63, 3.8) is 0 Å². The van der Waals surface area contributed by atoms with Crippen LogP contribution in [0.5, 0.6) is 11.5 Å². The van der Waals surface area contributed by atoms with Gasteiger partial charge in [-0.2, -0.15) is 10.5 Å². The van der Waals surface area contributed by atoms with E-state index in [1.165, 1.54) is 0 Å². The maximum atomic E-state index is 10.9. The first-order valence-corrected chi connectivity index (χ1v) is 15.8. The molecule has 0 bridgehead atoms. The standard InChI is InChI=1S/C40H38N4O4/c1-3-43(37-13-5-31(6-14-37)25-33(27-41)29-45)21-23-47-39-17-9-35(10-18-39)36-11-19-40(20-12-36)48-24-22-44(4-2)38-15-7-32(8-16-38)26-34(28-42)30-46/h5-20,25-26,29-30H,3-4,21-24H2,1-2H3/b33-25+,34-26+. The Morgan fingerprint density at radius 2 is 0.938 bits per heavy atom. The fourth-order valence-electron chi connectivity index (χ4n) is 5.08. The molecule has 8 nitrogen and oxygen atoms in total. The Morgan fingerprint density at radius 1 is 0.583 bits per heavy atom. The highest BCUT2D eigenvalue weighted by molar-refractivity contribution is 5.87. The molecule has 0 aliphatic heterocycles. The normalized spacial score (nSPS) is 11.2. The number of allylic oxidation sites excluding steroid dienone is 2. The lowest BCUT2D eigenvalue weighted by molar-refractivity contribution is -0.105. The number of rotatable bonds is 17. The molecule has 0 unspecified atom stereocenters. The summed E-state index contributed by atoms with van der Waals surface area (Å²) in [7, 11) is 0. The van der Waals surface area contributed by atoms with Gasteiger partial charge in [-0.3, -0.25) is 9.59 Å². The van der Waals surface area contributed by atoms with E-state index in [2.05, 4.69) is 23.6 Å². The van der Waals surface area contributed by atoms with Crippen LogP contribution in [0, 0.1) is 22.7 Å². The summed E-state index contributed by atoms with van der Waals surface area (Å²) in [5, 5.41) is 17.9. The maximum Gasteiger partial charge on any atom is 0.160 e. The van der Waals surface area contributed by atoms with Crippen molar-refractivity contribution in [3.05, 3.63) is 119 Å². The molecule has 8 heteroatoms. The van der Waals surface area contributed by atoms with Crippen LogP contribution in [0.2, 0.25) is 0 Å². The number of hydrogen-bond acceptors (Lipinski definition) is 8. The van der Waals surface area contributed by atoms with E-state index in [1.807, 2.05) is 109 Å². The van der Waals surface area contributed by atoms with E-state index in [9.17, 15) is 9.59 Å². The summed E-state index contributed by atoms with van der Waals surface area (Å²) in [6, 6.07) is 35.3. The van der Waals surface area contributed by atoms with Crippen LogP contribution in [0.3, 0.4) is 0 Å². The smallest absolute Gasteiger partial charge is 0.160 e. The summed E-state index contributed by atoms with van der Waals surface area (Å²) >= 11 is 0. The number of carbonyl (C=O) groups excluding carboxylic acids is 2. The van der Waals surface area contributed by atoms with Gasteiger partial charge in [0, 0.05) is 24.5 Å². The van der Waals surface area contributed by atoms with Crippen LogP contribution in [-0.4, -0.2) is 52.0 Å². The lowest BCUT2D eigenvalue weighted by Gasteiger charge is -2.23. The lowest BCUT2D eigenvalue weighted by Crippen LogP contribution is -2.28. The zero-order valence-corrected chi connectivity index (χ0v) is 27.2.